The van der Waals surface area contributed by atoms with Crippen LogP contribution in [0.4, 0.5) is 0 Å². The molecule has 0 atom stereocenters. The average molecular weight is 370 g/mol. The van der Waals surface area contributed by atoms with Crippen molar-refractivity contribution in [2.75, 3.05) is 0 Å². The van der Waals surface area contributed by atoms with Gasteiger partial charge in [0.2, 0.25) is 0 Å². The van der Waals surface area contributed by atoms with Gasteiger partial charge in [0.05, 0.1) is 0 Å². The summed E-state index contributed by atoms with van der Waals surface area (Å²) in [7, 11) is 0. The van der Waals surface area contributed by atoms with Gasteiger partial charge in [0.25, 0.3) is 0 Å². The number of benzene rings is 1. The zero-order valence-electron chi connectivity index (χ0n) is 8.93. The van der Waals surface area contributed by atoms with Crippen molar-refractivity contribution in [1.29, 1.82) is 0 Å². The average Bonchev–Trinajstić information content (AvgIpc) is 2.26. The second-order valence-electron chi connectivity index (χ2n) is 2.75. The third kappa shape index (κ3) is 4.29. The maximum atomic E-state index is 6.09. The van der Waals surface area contributed by atoms with E-state index in [0.717, 1.165) is 15.6 Å². The molecule has 0 N–H and O–H groups in total. The molecule has 0 bridgehead atoms. The molecule has 0 aliphatic carbocycles. The molecular formula is C13H10BrClY-2. The zero-order chi connectivity index (χ0) is 11.3. The first-order valence-electron chi connectivity index (χ1n) is 4.43. The van der Waals surface area contributed by atoms with E-state index in [1.165, 1.54) is 0 Å². The van der Waals surface area contributed by atoms with Crippen molar-refractivity contribution in [1.82, 2.24) is 0 Å². The number of hydrogen-bond acceptors (Lipinski definition) is 0. The smallest absolute Gasteiger partial charge is 0 e. The van der Waals surface area contributed by atoms with E-state index in [0.29, 0.717) is 5.03 Å². The summed E-state index contributed by atoms with van der Waals surface area (Å²) < 4.78 is 0.939. The van der Waals surface area contributed by atoms with Gasteiger partial charge in [-0.25, -0.2) is 11.1 Å². The van der Waals surface area contributed by atoms with E-state index in [4.69, 9.17) is 11.6 Å². The van der Waals surface area contributed by atoms with Gasteiger partial charge in [0, 0.05) is 32.7 Å². The van der Waals surface area contributed by atoms with E-state index < -0.39 is 0 Å². The normalized spacial score (nSPS) is 11.9. The Kier molecular flexibility index (Phi) is 8.58. The minimum absolute atomic E-state index is 0. The van der Waals surface area contributed by atoms with Gasteiger partial charge in [0.15, 0.2) is 0 Å². The number of allylic oxidation sites excluding steroid dienone is 5. The van der Waals surface area contributed by atoms with Crippen molar-refractivity contribution in [2.45, 2.75) is 6.92 Å². The molecule has 16 heavy (non-hydrogen) atoms. The standard InChI is InChI=1S/C13H10BrCl.Y/c1-3-7-11(13(15)4-2)10-8-5-6-9-12(10)14;/h3-6,9H,1H2,2H3;/q-2;/b13-4+;. The Labute approximate surface area is 135 Å². The number of rotatable bonds is 3. The number of halogens is 2. The molecule has 0 aliphatic rings. The molecular weight excluding hydrogens is 360 g/mol. The molecule has 3 heteroatoms. The van der Waals surface area contributed by atoms with Crippen molar-refractivity contribution in [3.8, 4) is 0 Å². The summed E-state index contributed by atoms with van der Waals surface area (Å²) in [5, 5.41) is 0.637. The largest absolute Gasteiger partial charge is 0.211 e. The predicted octanol–water partition coefficient (Wildman–Crippen LogP) is 4.76. The van der Waals surface area contributed by atoms with Crippen LogP contribution in [0.25, 0.3) is 5.57 Å². The Morgan fingerprint density at radius 2 is 2.31 bits per heavy atom. The maximum absolute atomic E-state index is 6.09. The summed E-state index contributed by atoms with van der Waals surface area (Å²) >= 11 is 9.54. The fraction of sp³-hybridized carbons (Fsp3) is 0.0769. The first kappa shape index (κ1) is 16.3. The third-order valence-electron chi connectivity index (χ3n) is 1.79. The quantitative estimate of drug-likeness (QED) is 0.531. The SMILES string of the molecule is C=C[C-]=C(/C(Cl)=C\C)c1[c-]cccc1Br.[Y]. The van der Waals surface area contributed by atoms with E-state index >= 15 is 0 Å². The van der Waals surface area contributed by atoms with E-state index in [-0.39, 0.29) is 32.7 Å². The second-order valence-corrected chi connectivity index (χ2v) is 4.01. The molecule has 81 valence electrons. The van der Waals surface area contributed by atoms with Crippen LogP contribution in [0.1, 0.15) is 12.5 Å². The van der Waals surface area contributed by atoms with Crippen LogP contribution >= 0.6 is 27.5 Å². The van der Waals surface area contributed by atoms with Gasteiger partial charge in [-0.05, 0) is 0 Å². The molecule has 0 saturated carbocycles. The predicted molar refractivity (Wildman–Crippen MR) is 69.4 cm³/mol. The maximum Gasteiger partial charge on any atom is 0 e. The second kappa shape index (κ2) is 8.41. The molecule has 0 spiro atoms. The van der Waals surface area contributed by atoms with Gasteiger partial charge >= 0.3 is 0 Å². The fourth-order valence-electron chi connectivity index (χ4n) is 1.11. The summed E-state index contributed by atoms with van der Waals surface area (Å²) in [5.74, 6) is 0. The van der Waals surface area contributed by atoms with Crippen LogP contribution < -0.4 is 0 Å². The van der Waals surface area contributed by atoms with Gasteiger partial charge in [-0.15, -0.1) is 38.6 Å². The molecule has 0 amide bonds. The van der Waals surface area contributed by atoms with Crippen LogP contribution in [0.15, 0.2) is 46.4 Å². The molecule has 0 saturated heterocycles. The van der Waals surface area contributed by atoms with Crippen molar-refractivity contribution >= 4 is 33.1 Å². The van der Waals surface area contributed by atoms with Crippen molar-refractivity contribution in [3.05, 3.63) is 64.1 Å². The molecule has 1 aromatic rings. The first-order valence-corrected chi connectivity index (χ1v) is 5.61. The van der Waals surface area contributed by atoms with Gasteiger partial charge in [0.1, 0.15) is 0 Å². The minimum Gasteiger partial charge on any atom is -0.211 e. The topological polar surface area (TPSA) is 0 Å². The minimum atomic E-state index is 0. The summed E-state index contributed by atoms with van der Waals surface area (Å²) in [6.07, 6.45) is 6.42. The van der Waals surface area contributed by atoms with Crippen LogP contribution in [0, 0.1) is 12.1 Å². The third-order valence-corrected chi connectivity index (χ3v) is 2.86. The van der Waals surface area contributed by atoms with Crippen LogP contribution in [0.3, 0.4) is 0 Å². The molecule has 1 radical (unpaired) electrons. The summed E-state index contributed by atoms with van der Waals surface area (Å²) in [4.78, 5) is 0. The van der Waals surface area contributed by atoms with Gasteiger partial charge in [-0.3, -0.25) is 0 Å². The van der Waals surface area contributed by atoms with Gasteiger partial charge in [-0.2, -0.15) is 42.5 Å². The summed E-state index contributed by atoms with van der Waals surface area (Å²) in [6, 6.07) is 8.80. The van der Waals surface area contributed by atoms with Crippen LogP contribution in [0.5, 0.6) is 0 Å². The van der Waals surface area contributed by atoms with Crippen molar-refractivity contribution < 1.29 is 32.7 Å². The summed E-state index contributed by atoms with van der Waals surface area (Å²) in [5.41, 5.74) is 1.68. The molecule has 0 unspecified atom stereocenters. The Hall–Kier alpha value is 0.314. The van der Waals surface area contributed by atoms with Crippen LogP contribution in [-0.2, 0) is 32.7 Å². The zero-order valence-corrected chi connectivity index (χ0v) is 14.1. The molecule has 1 rings (SSSR count). The van der Waals surface area contributed by atoms with Gasteiger partial charge in [-0.1, -0.05) is 12.0 Å². The Bertz CT molecular complexity index is 422. The molecule has 1 aromatic carbocycles. The Morgan fingerprint density at radius 3 is 2.81 bits per heavy atom. The molecule has 0 heterocycles. The molecule has 0 aliphatic heterocycles. The molecule has 0 aromatic heterocycles. The van der Waals surface area contributed by atoms with Gasteiger partial charge < -0.3 is 0 Å². The van der Waals surface area contributed by atoms with E-state index in [1.807, 2.05) is 31.2 Å². The van der Waals surface area contributed by atoms with E-state index in [2.05, 4.69) is 34.7 Å². The van der Waals surface area contributed by atoms with Crippen LogP contribution in [-0.4, -0.2) is 0 Å². The van der Waals surface area contributed by atoms with E-state index in [9.17, 15) is 0 Å². The monoisotopic (exact) mass is 369 g/mol. The van der Waals surface area contributed by atoms with Crippen LogP contribution in [0.2, 0.25) is 0 Å². The summed E-state index contributed by atoms with van der Waals surface area (Å²) in [6.45, 7) is 5.50. The Balaban J connectivity index is 0.00000225. The fourth-order valence-corrected chi connectivity index (χ4v) is 1.73. The van der Waals surface area contributed by atoms with Crippen molar-refractivity contribution in [2.24, 2.45) is 0 Å². The first-order chi connectivity index (χ1) is 7.20. The van der Waals surface area contributed by atoms with E-state index in [1.54, 1.807) is 6.08 Å². The van der Waals surface area contributed by atoms with Crippen molar-refractivity contribution in [3.63, 3.8) is 0 Å². The Morgan fingerprint density at radius 1 is 1.62 bits per heavy atom. The molecule has 0 fully saturated rings. The number of hydrogen-bond donors (Lipinski definition) is 0. The molecule has 0 nitrogen and oxygen atoms in total.